The molecule has 38 heavy (non-hydrogen) atoms. The lowest BCUT2D eigenvalue weighted by Crippen LogP contribution is -2.39. The molecule has 0 saturated carbocycles. The number of aromatic nitrogens is 2. The maximum atomic E-state index is 14.1. The average Bonchev–Trinajstić information content (AvgIpc) is 3.50. The Morgan fingerprint density at radius 1 is 1.00 bits per heavy atom. The van der Waals surface area contributed by atoms with E-state index >= 15 is 0 Å². The van der Waals surface area contributed by atoms with Crippen molar-refractivity contribution in [2.75, 3.05) is 22.9 Å². The van der Waals surface area contributed by atoms with Gasteiger partial charge in [0.15, 0.2) is 5.69 Å². The zero-order valence-electron chi connectivity index (χ0n) is 22.6. The first kappa shape index (κ1) is 25.7. The van der Waals surface area contributed by atoms with Crippen molar-refractivity contribution >= 4 is 29.1 Å². The molecular formula is C30H35N5O3. The molecule has 8 heteroatoms. The second-order valence-corrected chi connectivity index (χ2v) is 10.6. The summed E-state index contributed by atoms with van der Waals surface area (Å²) in [6.45, 7) is 9.45. The van der Waals surface area contributed by atoms with E-state index in [-0.39, 0.29) is 17.5 Å². The molecule has 1 fully saturated rings. The van der Waals surface area contributed by atoms with Crippen LogP contribution < -0.4 is 15.5 Å². The van der Waals surface area contributed by atoms with Crippen LogP contribution in [0.15, 0.2) is 36.4 Å². The van der Waals surface area contributed by atoms with Crippen LogP contribution in [0, 0.1) is 19.8 Å². The van der Waals surface area contributed by atoms with E-state index in [1.54, 1.807) is 14.5 Å². The number of carbonyl (C=O) groups excluding carboxylic acids is 3. The first-order chi connectivity index (χ1) is 18.2. The molecule has 0 aliphatic carbocycles. The fourth-order valence-electron chi connectivity index (χ4n) is 5.55. The highest BCUT2D eigenvalue weighted by atomic mass is 16.2. The Bertz CT molecular complexity index is 1440. The zero-order valence-corrected chi connectivity index (χ0v) is 22.6. The summed E-state index contributed by atoms with van der Waals surface area (Å²) >= 11 is 0. The Hall–Kier alpha value is -3.94. The lowest BCUT2D eigenvalue weighted by Gasteiger charge is -2.30. The third kappa shape index (κ3) is 4.48. The largest absolute Gasteiger partial charge is 0.364 e. The molecule has 0 bridgehead atoms. The van der Waals surface area contributed by atoms with Crippen molar-refractivity contribution in [2.45, 2.75) is 59.8 Å². The van der Waals surface area contributed by atoms with E-state index in [0.29, 0.717) is 43.1 Å². The van der Waals surface area contributed by atoms with Crippen molar-refractivity contribution in [3.8, 4) is 5.69 Å². The van der Waals surface area contributed by atoms with Crippen molar-refractivity contribution in [1.82, 2.24) is 9.78 Å². The van der Waals surface area contributed by atoms with Gasteiger partial charge >= 0.3 is 0 Å². The van der Waals surface area contributed by atoms with Crippen LogP contribution in [0.2, 0.25) is 0 Å². The Labute approximate surface area is 223 Å². The summed E-state index contributed by atoms with van der Waals surface area (Å²) in [5.41, 5.74) is 12.3. The summed E-state index contributed by atoms with van der Waals surface area (Å²) in [7, 11) is 0. The summed E-state index contributed by atoms with van der Waals surface area (Å²) in [6, 6.07) is 12.0. The molecule has 0 radical (unpaired) electrons. The van der Waals surface area contributed by atoms with Crippen molar-refractivity contribution in [3.63, 3.8) is 0 Å². The summed E-state index contributed by atoms with van der Waals surface area (Å²) < 4.78 is 1.62. The van der Waals surface area contributed by atoms with Crippen LogP contribution >= 0.6 is 0 Å². The summed E-state index contributed by atoms with van der Waals surface area (Å²) in [4.78, 5) is 42.2. The van der Waals surface area contributed by atoms with Gasteiger partial charge in [0.05, 0.1) is 5.69 Å². The molecule has 8 nitrogen and oxygen atoms in total. The molecule has 3 amide bonds. The van der Waals surface area contributed by atoms with Crippen LogP contribution in [0.3, 0.4) is 0 Å². The first-order valence-corrected chi connectivity index (χ1v) is 13.4. The highest BCUT2D eigenvalue weighted by molar-refractivity contribution is 6.10. The number of fused-ring (bicyclic) bond motifs is 1. The van der Waals surface area contributed by atoms with E-state index in [1.165, 1.54) is 0 Å². The number of anilines is 2. The van der Waals surface area contributed by atoms with Crippen LogP contribution in [-0.4, -0.2) is 40.6 Å². The number of benzene rings is 2. The van der Waals surface area contributed by atoms with E-state index in [2.05, 4.69) is 31.1 Å². The fourth-order valence-corrected chi connectivity index (χ4v) is 5.55. The zero-order chi connectivity index (χ0) is 27.1. The third-order valence-corrected chi connectivity index (χ3v) is 7.89. The molecule has 198 valence electrons. The topological polar surface area (TPSA) is 102 Å². The number of hydrogen-bond donors (Lipinski definition) is 1. The van der Waals surface area contributed by atoms with Gasteiger partial charge in [-0.1, -0.05) is 32.4 Å². The van der Waals surface area contributed by atoms with Gasteiger partial charge in [-0.3, -0.25) is 14.4 Å². The van der Waals surface area contributed by atoms with E-state index < -0.39 is 5.91 Å². The lowest BCUT2D eigenvalue weighted by molar-refractivity contribution is -0.117. The van der Waals surface area contributed by atoms with Crippen molar-refractivity contribution in [2.24, 2.45) is 11.7 Å². The molecule has 1 unspecified atom stereocenters. The minimum atomic E-state index is -0.634. The van der Waals surface area contributed by atoms with Gasteiger partial charge in [-0.05, 0) is 80.0 Å². The molecule has 3 heterocycles. The first-order valence-electron chi connectivity index (χ1n) is 13.4. The van der Waals surface area contributed by atoms with E-state index in [0.717, 1.165) is 53.0 Å². The third-order valence-electron chi connectivity index (χ3n) is 7.89. The Balaban J connectivity index is 1.56. The molecule has 1 atom stereocenters. The molecule has 3 aromatic rings. The molecule has 1 aromatic heterocycles. The Morgan fingerprint density at radius 2 is 1.79 bits per heavy atom. The summed E-state index contributed by atoms with van der Waals surface area (Å²) in [5, 5.41) is 4.59. The van der Waals surface area contributed by atoms with Gasteiger partial charge in [-0.25, -0.2) is 4.68 Å². The van der Waals surface area contributed by atoms with E-state index in [4.69, 9.17) is 5.73 Å². The van der Waals surface area contributed by atoms with Gasteiger partial charge < -0.3 is 15.5 Å². The average molecular weight is 514 g/mol. The van der Waals surface area contributed by atoms with E-state index in [9.17, 15) is 14.4 Å². The summed E-state index contributed by atoms with van der Waals surface area (Å²) in [6.07, 6.45) is 3.89. The van der Waals surface area contributed by atoms with Gasteiger partial charge in [-0.15, -0.1) is 0 Å². The van der Waals surface area contributed by atoms with Crippen LogP contribution in [0.1, 0.15) is 76.3 Å². The molecule has 5 rings (SSSR count). The van der Waals surface area contributed by atoms with Gasteiger partial charge in [-0.2, -0.15) is 5.10 Å². The number of primary amides is 1. The second-order valence-electron chi connectivity index (χ2n) is 10.6. The lowest BCUT2D eigenvalue weighted by atomic mass is 9.97. The van der Waals surface area contributed by atoms with Gasteiger partial charge in [0.2, 0.25) is 5.91 Å². The molecule has 2 aromatic carbocycles. The monoisotopic (exact) mass is 513 g/mol. The number of carbonyl (C=O) groups is 3. The minimum Gasteiger partial charge on any atom is -0.364 e. The quantitative estimate of drug-likeness (QED) is 0.502. The van der Waals surface area contributed by atoms with Gasteiger partial charge in [0.25, 0.3) is 11.8 Å². The van der Waals surface area contributed by atoms with Crippen molar-refractivity contribution in [1.29, 1.82) is 0 Å². The number of rotatable bonds is 7. The highest BCUT2D eigenvalue weighted by Crippen LogP contribution is 2.34. The van der Waals surface area contributed by atoms with Crippen LogP contribution in [-0.2, 0) is 17.6 Å². The summed E-state index contributed by atoms with van der Waals surface area (Å²) in [5.74, 6) is -0.196. The Morgan fingerprint density at radius 3 is 2.45 bits per heavy atom. The molecular weight excluding hydrogens is 478 g/mol. The maximum Gasteiger partial charge on any atom is 0.277 e. The van der Waals surface area contributed by atoms with E-state index in [1.807, 2.05) is 38.1 Å². The number of hydrogen-bond acceptors (Lipinski definition) is 4. The van der Waals surface area contributed by atoms with Gasteiger partial charge in [0.1, 0.15) is 5.69 Å². The number of aryl methyl sites for hydroxylation is 2. The predicted molar refractivity (Wildman–Crippen MR) is 148 cm³/mol. The molecule has 2 N–H and O–H groups in total. The normalized spacial score (nSPS) is 16.2. The highest BCUT2D eigenvalue weighted by Gasteiger charge is 2.35. The minimum absolute atomic E-state index is 0.129. The van der Waals surface area contributed by atoms with Crippen LogP contribution in [0.4, 0.5) is 11.4 Å². The fraction of sp³-hybridized carbons (Fsp3) is 0.400. The molecule has 2 aliphatic rings. The number of nitrogens with two attached hydrogens (primary N) is 1. The second kappa shape index (κ2) is 10.1. The smallest absolute Gasteiger partial charge is 0.277 e. The SMILES string of the molecule is CCC(C)Cc1ccc(C)c(-n2nc(C(N)=O)c3c2C(=O)N(c2ccc(N4CCCC4=O)cc2C)CC3)c1. The molecule has 1 saturated heterocycles. The Kier molecular flexibility index (Phi) is 6.82. The van der Waals surface area contributed by atoms with Gasteiger partial charge in [0, 0.05) is 36.4 Å². The van der Waals surface area contributed by atoms with Crippen molar-refractivity contribution in [3.05, 3.63) is 70.0 Å². The number of amides is 3. The molecule has 0 spiro atoms. The van der Waals surface area contributed by atoms with Crippen LogP contribution in [0.25, 0.3) is 5.69 Å². The standard InChI is InChI=1S/C30H35N5O3/c1-5-18(2)15-21-9-8-19(3)25(17-21)35-28-23(27(32-35)29(31)37)12-14-34(30(28)38)24-11-10-22(16-20(24)4)33-13-6-7-26(33)36/h8-11,16-18H,5-7,12-15H2,1-4H3,(H2,31,37). The van der Waals surface area contributed by atoms with Crippen LogP contribution in [0.5, 0.6) is 0 Å². The number of nitrogens with zero attached hydrogens (tertiary/aromatic N) is 4. The molecule has 2 aliphatic heterocycles. The van der Waals surface area contributed by atoms with Crippen molar-refractivity contribution < 1.29 is 14.4 Å². The predicted octanol–water partition coefficient (Wildman–Crippen LogP) is 4.51. The maximum absolute atomic E-state index is 14.1.